The maximum absolute atomic E-state index is 13.8. The van der Waals surface area contributed by atoms with Crippen molar-refractivity contribution in [2.24, 2.45) is 9.98 Å². The van der Waals surface area contributed by atoms with Crippen LogP contribution >= 0.6 is 0 Å². The third-order valence-corrected chi connectivity index (χ3v) is 9.03. The maximum atomic E-state index is 13.8. The highest BCUT2D eigenvalue weighted by Crippen LogP contribution is 2.23. The minimum Gasteiger partial charge on any atom is -0.494 e. The molecule has 0 aliphatic heterocycles. The van der Waals surface area contributed by atoms with Crippen LogP contribution < -0.4 is 15.4 Å². The van der Waals surface area contributed by atoms with E-state index in [1.54, 1.807) is 63.4 Å². The molecule has 0 aliphatic rings. The van der Waals surface area contributed by atoms with Crippen molar-refractivity contribution in [3.63, 3.8) is 0 Å². The van der Waals surface area contributed by atoms with Crippen molar-refractivity contribution in [2.45, 2.75) is 123 Å². The number of carboxylic acids is 1. The topological polar surface area (TPSA) is 156 Å². The largest absolute Gasteiger partial charge is 0.494 e. The molecule has 2 atom stereocenters. The van der Waals surface area contributed by atoms with Crippen LogP contribution in [0.3, 0.4) is 0 Å². The average molecular weight is 781 g/mol. The summed E-state index contributed by atoms with van der Waals surface area (Å²) >= 11 is 0. The van der Waals surface area contributed by atoms with Gasteiger partial charge in [0.1, 0.15) is 23.4 Å². The number of nitrogens with zero attached hydrogens (tertiary/aromatic N) is 2. The number of carboxylic acid groups (broad SMARTS) is 1. The number of allylic oxidation sites excluding steroid dienone is 1. The fraction of sp³-hybridized carbons (Fsp3) is 0.435. The van der Waals surface area contributed by atoms with E-state index in [-0.39, 0.29) is 11.8 Å². The van der Waals surface area contributed by atoms with E-state index in [1.165, 1.54) is 25.7 Å². The zero-order chi connectivity index (χ0) is 42.2. The number of carbonyl (C=O) groups is 4. The Morgan fingerprint density at radius 3 is 1.95 bits per heavy atom. The standard InChI is InChI=1S/C46H60N4O7/c1-10-11-12-13-14-27-56-37-25-21-33(22-26-37)31(2)30-48-41(47-9)34-17-15-32(16-18-34)28-38(49-42(53)35-19-23-36(24-20-35)45(3,4)5)43(54)50-39(29-40(51)52)44(55)57-46(6,7)8/h15-26,30,38-39H,9-14,27-29H2,1-8H3,(H,49,53)(H,50,54)(H,51,52)/b31-30+,48-41?/t38-,39-/m0/s1. The second kappa shape index (κ2) is 21.6. The molecule has 306 valence electrons. The predicted molar refractivity (Wildman–Crippen MR) is 227 cm³/mol. The lowest BCUT2D eigenvalue weighted by atomic mass is 9.86. The van der Waals surface area contributed by atoms with Gasteiger partial charge in [0, 0.05) is 23.7 Å². The quantitative estimate of drug-likeness (QED) is 0.0477. The zero-order valence-electron chi connectivity index (χ0n) is 34.8. The number of amides is 2. The number of carbonyl (C=O) groups excluding carboxylic acids is 3. The molecule has 0 saturated carbocycles. The summed E-state index contributed by atoms with van der Waals surface area (Å²) in [5, 5.41) is 14.8. The predicted octanol–water partition coefficient (Wildman–Crippen LogP) is 8.48. The number of hydrogen-bond acceptors (Lipinski definition) is 7. The minimum atomic E-state index is -1.48. The lowest BCUT2D eigenvalue weighted by Gasteiger charge is -2.26. The van der Waals surface area contributed by atoms with Crippen molar-refractivity contribution < 1.29 is 33.8 Å². The number of benzene rings is 3. The van der Waals surface area contributed by atoms with Crippen molar-refractivity contribution in [1.29, 1.82) is 0 Å². The molecule has 3 rings (SSSR count). The van der Waals surface area contributed by atoms with Gasteiger partial charge in [-0.2, -0.15) is 0 Å². The van der Waals surface area contributed by atoms with E-state index in [1.807, 2.05) is 43.3 Å². The molecule has 0 aliphatic carbocycles. The molecule has 0 saturated heterocycles. The van der Waals surface area contributed by atoms with Gasteiger partial charge in [0.05, 0.1) is 13.0 Å². The van der Waals surface area contributed by atoms with E-state index in [9.17, 15) is 24.3 Å². The summed E-state index contributed by atoms with van der Waals surface area (Å²) in [6.07, 6.45) is 6.97. The molecule has 0 bridgehead atoms. The van der Waals surface area contributed by atoms with Gasteiger partial charge in [0.2, 0.25) is 5.91 Å². The Labute approximate surface area is 338 Å². The van der Waals surface area contributed by atoms with Crippen LogP contribution in [-0.4, -0.2) is 65.7 Å². The van der Waals surface area contributed by atoms with Crippen molar-refractivity contribution in [3.05, 3.63) is 107 Å². The van der Waals surface area contributed by atoms with Crippen LogP contribution in [-0.2, 0) is 31.0 Å². The number of nitrogens with one attached hydrogen (secondary N) is 2. The van der Waals surface area contributed by atoms with Crippen LogP contribution in [0, 0.1) is 0 Å². The van der Waals surface area contributed by atoms with Crippen LogP contribution in [0.1, 0.15) is 127 Å². The van der Waals surface area contributed by atoms with Gasteiger partial charge in [-0.15, -0.1) is 0 Å². The normalized spacial score (nSPS) is 13.3. The van der Waals surface area contributed by atoms with Gasteiger partial charge >= 0.3 is 11.9 Å². The number of aliphatic imine (C=N–C) groups is 2. The number of unbranched alkanes of at least 4 members (excludes halogenated alkanes) is 4. The molecule has 0 unspecified atom stereocenters. The van der Waals surface area contributed by atoms with E-state index in [4.69, 9.17) is 9.47 Å². The molecule has 3 aromatic rings. The summed E-state index contributed by atoms with van der Waals surface area (Å²) in [7, 11) is 0. The van der Waals surface area contributed by atoms with E-state index in [2.05, 4.69) is 55.0 Å². The highest BCUT2D eigenvalue weighted by atomic mass is 16.6. The molecule has 0 radical (unpaired) electrons. The Balaban J connectivity index is 1.80. The third kappa shape index (κ3) is 15.8. The van der Waals surface area contributed by atoms with Crippen molar-refractivity contribution >= 4 is 41.9 Å². The van der Waals surface area contributed by atoms with Crippen LogP contribution in [0.2, 0.25) is 0 Å². The Morgan fingerprint density at radius 1 is 0.789 bits per heavy atom. The molecular formula is C46H60N4O7. The summed E-state index contributed by atoms with van der Waals surface area (Å²) in [6, 6.07) is 19.5. The number of ether oxygens (including phenoxy) is 2. The van der Waals surface area contributed by atoms with Gasteiger partial charge in [-0.25, -0.2) is 14.8 Å². The lowest BCUT2D eigenvalue weighted by molar-refractivity contribution is -0.161. The molecule has 11 heteroatoms. The molecule has 0 heterocycles. The van der Waals surface area contributed by atoms with Gasteiger partial charge < -0.3 is 25.2 Å². The molecule has 3 N–H and O–H groups in total. The van der Waals surface area contributed by atoms with Gasteiger partial charge in [-0.1, -0.05) is 102 Å². The number of rotatable bonds is 19. The SMILES string of the molecule is C=NC(=N/C=C(\C)c1ccc(OCCCCCCC)cc1)c1ccc(C[C@H](NC(=O)c2ccc(C(C)(C)C)cc2)C(=O)N[C@@H](CC(=O)O)C(=O)OC(C)(C)C)cc1. The van der Waals surface area contributed by atoms with Crippen LogP contribution in [0.15, 0.2) is 89.0 Å². The monoisotopic (exact) mass is 780 g/mol. The fourth-order valence-electron chi connectivity index (χ4n) is 5.76. The number of esters is 1. The number of hydrogen-bond donors (Lipinski definition) is 3. The molecule has 57 heavy (non-hydrogen) atoms. The van der Waals surface area contributed by atoms with Crippen molar-refractivity contribution in [2.75, 3.05) is 6.61 Å². The summed E-state index contributed by atoms with van der Waals surface area (Å²) in [5.74, 6) is -2.23. The molecule has 11 nitrogen and oxygen atoms in total. The average Bonchev–Trinajstić information content (AvgIpc) is 3.15. The van der Waals surface area contributed by atoms with Crippen LogP contribution in [0.25, 0.3) is 5.57 Å². The van der Waals surface area contributed by atoms with E-state index < -0.39 is 47.9 Å². The lowest BCUT2D eigenvalue weighted by Crippen LogP contribution is -2.53. The Morgan fingerprint density at radius 2 is 1.39 bits per heavy atom. The summed E-state index contributed by atoms with van der Waals surface area (Å²) in [4.78, 5) is 60.6. The number of aliphatic carboxylic acids is 1. The smallest absolute Gasteiger partial charge is 0.329 e. The van der Waals surface area contributed by atoms with Crippen molar-refractivity contribution in [3.8, 4) is 5.75 Å². The molecule has 0 aromatic heterocycles. The first-order valence-corrected chi connectivity index (χ1v) is 19.6. The van der Waals surface area contributed by atoms with Crippen LogP contribution in [0.5, 0.6) is 5.75 Å². The highest BCUT2D eigenvalue weighted by Gasteiger charge is 2.32. The Bertz CT molecular complexity index is 1870. The fourth-order valence-corrected chi connectivity index (χ4v) is 5.76. The van der Waals surface area contributed by atoms with Gasteiger partial charge in [0.15, 0.2) is 5.84 Å². The van der Waals surface area contributed by atoms with E-state index >= 15 is 0 Å². The first kappa shape index (κ1) is 45.8. The van der Waals surface area contributed by atoms with Gasteiger partial charge in [-0.05, 0) is 92.8 Å². The minimum absolute atomic E-state index is 0.0254. The Kier molecular flexibility index (Phi) is 17.4. The maximum Gasteiger partial charge on any atom is 0.329 e. The molecule has 3 aromatic carbocycles. The second-order valence-corrected chi connectivity index (χ2v) is 16.2. The first-order chi connectivity index (χ1) is 26.9. The van der Waals surface area contributed by atoms with Crippen molar-refractivity contribution in [1.82, 2.24) is 10.6 Å². The Hall–Kier alpha value is -5.58. The summed E-state index contributed by atoms with van der Waals surface area (Å²) < 4.78 is 11.3. The van der Waals surface area contributed by atoms with E-state index in [0.29, 0.717) is 29.1 Å². The zero-order valence-corrected chi connectivity index (χ0v) is 34.8. The molecule has 0 fully saturated rings. The molecule has 2 amide bonds. The highest BCUT2D eigenvalue weighted by molar-refractivity contribution is 6.02. The van der Waals surface area contributed by atoms with Gasteiger partial charge in [0.25, 0.3) is 5.91 Å². The summed E-state index contributed by atoms with van der Waals surface area (Å²) in [6.45, 7) is 19.7. The van der Waals surface area contributed by atoms with Gasteiger partial charge in [-0.3, -0.25) is 14.4 Å². The third-order valence-electron chi connectivity index (χ3n) is 9.03. The number of amidine groups is 1. The summed E-state index contributed by atoms with van der Waals surface area (Å²) in [5.41, 5.74) is 3.59. The molecule has 0 spiro atoms. The van der Waals surface area contributed by atoms with Crippen LogP contribution in [0.4, 0.5) is 0 Å². The van der Waals surface area contributed by atoms with E-state index in [0.717, 1.165) is 28.9 Å². The first-order valence-electron chi connectivity index (χ1n) is 19.6. The molecular weight excluding hydrogens is 721 g/mol. The second-order valence-electron chi connectivity index (χ2n) is 16.2.